The molecule has 0 bridgehead atoms. The van der Waals surface area contributed by atoms with Crippen molar-refractivity contribution in [3.05, 3.63) is 99.0 Å². The normalized spacial score (nSPS) is 18.8. The zero-order valence-corrected chi connectivity index (χ0v) is 31.7. The van der Waals surface area contributed by atoms with Gasteiger partial charge in [-0.3, -0.25) is 38.5 Å². The van der Waals surface area contributed by atoms with Gasteiger partial charge in [0.1, 0.15) is 11.5 Å². The first kappa shape index (κ1) is 38.4. The minimum atomic E-state index is -1.10. The van der Waals surface area contributed by atoms with Gasteiger partial charge < -0.3 is 25.6 Å². The second-order valence-corrected chi connectivity index (χ2v) is 14.7. The number of imide groups is 1. The molecule has 7 rings (SSSR count). The molecule has 2 saturated heterocycles. The topological polar surface area (TPSA) is 180 Å². The molecule has 14 nitrogen and oxygen atoms in total. The van der Waals surface area contributed by atoms with Crippen LogP contribution in [0.3, 0.4) is 0 Å². The van der Waals surface area contributed by atoms with Gasteiger partial charge in [0.25, 0.3) is 11.5 Å². The molecule has 14 heteroatoms. The van der Waals surface area contributed by atoms with Gasteiger partial charge in [0.15, 0.2) is 11.6 Å². The number of carbonyl (C=O) groups excluding carboxylic acids is 5. The van der Waals surface area contributed by atoms with Crippen molar-refractivity contribution in [2.24, 2.45) is 11.8 Å². The summed E-state index contributed by atoms with van der Waals surface area (Å²) in [5.41, 5.74) is 4.56. The number of morpholine rings is 1. The Balaban J connectivity index is 0.899. The number of nitrogens with zero attached hydrogens (tertiary/aromatic N) is 3. The Morgan fingerprint density at radius 1 is 0.929 bits per heavy atom. The van der Waals surface area contributed by atoms with Crippen molar-refractivity contribution >= 4 is 52.1 Å². The number of hydrogen-bond acceptors (Lipinski definition) is 11. The van der Waals surface area contributed by atoms with Crippen LogP contribution >= 0.6 is 0 Å². The lowest BCUT2D eigenvalue weighted by molar-refractivity contribution is -0.137. The van der Waals surface area contributed by atoms with E-state index in [2.05, 4.69) is 26.2 Å². The van der Waals surface area contributed by atoms with E-state index in [-0.39, 0.29) is 47.8 Å². The van der Waals surface area contributed by atoms with Gasteiger partial charge in [0.05, 0.1) is 42.2 Å². The maximum absolute atomic E-state index is 13.4. The number of hydrogen-bond donors (Lipinski definition) is 4. The highest BCUT2D eigenvalue weighted by molar-refractivity contribution is 6.30. The maximum Gasteiger partial charge on any atom is 0.259 e. The predicted molar refractivity (Wildman–Crippen MR) is 211 cm³/mol. The third-order valence-electron chi connectivity index (χ3n) is 10.8. The van der Waals surface area contributed by atoms with Crippen molar-refractivity contribution in [3.8, 4) is 0 Å². The van der Waals surface area contributed by atoms with Crippen LogP contribution in [0.2, 0.25) is 0 Å². The van der Waals surface area contributed by atoms with Gasteiger partial charge in [-0.2, -0.15) is 0 Å². The summed E-state index contributed by atoms with van der Waals surface area (Å²) < 4.78 is 7.07. The van der Waals surface area contributed by atoms with Crippen molar-refractivity contribution in [3.63, 3.8) is 0 Å². The number of ketones is 2. The Morgan fingerprint density at radius 3 is 2.46 bits per heavy atom. The van der Waals surface area contributed by atoms with E-state index in [1.807, 2.05) is 38.1 Å². The SMILES string of the molecule is Cc1cc(C(C)Nc2ccccc2C(=O)NCCCCCCNc2cccc3c2C(=O)C(C2CCC(=O)NC2=O)C3=O)c2nc(N3CCOCC3)cc(=O)n2c1. The second-order valence-electron chi connectivity index (χ2n) is 14.7. The summed E-state index contributed by atoms with van der Waals surface area (Å²) in [7, 11) is 0. The molecule has 2 fully saturated rings. The van der Waals surface area contributed by atoms with E-state index in [1.54, 1.807) is 40.9 Å². The quantitative estimate of drug-likeness (QED) is 0.0810. The van der Waals surface area contributed by atoms with Crippen LogP contribution < -0.4 is 31.7 Å². The van der Waals surface area contributed by atoms with Crippen LogP contribution in [0.5, 0.6) is 0 Å². The molecule has 0 radical (unpaired) electrons. The lowest BCUT2D eigenvalue weighted by Crippen LogP contribution is -2.46. The molecule has 0 saturated carbocycles. The molecular formula is C42H47N7O7. The first-order valence-corrected chi connectivity index (χ1v) is 19.4. The molecular weight excluding hydrogens is 715 g/mol. The summed E-state index contributed by atoms with van der Waals surface area (Å²) >= 11 is 0. The lowest BCUT2D eigenvalue weighted by Gasteiger charge is -2.28. The maximum atomic E-state index is 13.4. The summed E-state index contributed by atoms with van der Waals surface area (Å²) in [6.45, 7) is 7.51. The molecule has 4 N–H and O–H groups in total. The number of aromatic nitrogens is 2. The van der Waals surface area contributed by atoms with Gasteiger partial charge in [0, 0.05) is 67.4 Å². The average Bonchev–Trinajstić information content (AvgIpc) is 3.45. The lowest BCUT2D eigenvalue weighted by atomic mass is 9.82. The van der Waals surface area contributed by atoms with Crippen LogP contribution in [0.25, 0.3) is 5.65 Å². The number of nitrogens with one attached hydrogen (secondary N) is 4. The van der Waals surface area contributed by atoms with E-state index in [9.17, 15) is 28.8 Å². The largest absolute Gasteiger partial charge is 0.384 e. The Labute approximate surface area is 324 Å². The Morgan fingerprint density at radius 2 is 1.68 bits per heavy atom. The molecule has 2 aliphatic heterocycles. The van der Waals surface area contributed by atoms with Crippen molar-refractivity contribution in [1.29, 1.82) is 0 Å². The highest BCUT2D eigenvalue weighted by Gasteiger charge is 2.48. The molecule has 3 atom stereocenters. The molecule has 2 aromatic heterocycles. The number of ether oxygens (including phenoxy) is 1. The van der Waals surface area contributed by atoms with Crippen LogP contribution in [0.4, 0.5) is 17.2 Å². The number of rotatable bonds is 14. The number of aryl methyl sites for hydroxylation is 1. The van der Waals surface area contributed by atoms with E-state index in [1.165, 1.54) is 0 Å². The van der Waals surface area contributed by atoms with Crippen LogP contribution in [-0.4, -0.2) is 78.1 Å². The molecule has 4 heterocycles. The van der Waals surface area contributed by atoms with Crippen molar-refractivity contribution in [1.82, 2.24) is 20.0 Å². The third-order valence-corrected chi connectivity index (χ3v) is 10.8. The van der Waals surface area contributed by atoms with Crippen LogP contribution in [0, 0.1) is 18.8 Å². The van der Waals surface area contributed by atoms with Crippen molar-refractivity contribution < 1.29 is 28.7 Å². The number of piperidine rings is 1. The molecule has 3 amide bonds. The van der Waals surface area contributed by atoms with Crippen molar-refractivity contribution in [2.75, 3.05) is 54.9 Å². The Kier molecular flexibility index (Phi) is 11.6. The average molecular weight is 762 g/mol. The number of Topliss-reactive ketones (excluding diaryl/α,β-unsaturated/α-hetero) is 2. The zero-order chi connectivity index (χ0) is 39.3. The van der Waals surface area contributed by atoms with Gasteiger partial charge in [-0.05, 0) is 62.9 Å². The van der Waals surface area contributed by atoms with E-state index in [4.69, 9.17) is 9.72 Å². The van der Waals surface area contributed by atoms with E-state index < -0.39 is 17.7 Å². The summed E-state index contributed by atoms with van der Waals surface area (Å²) in [5, 5.41) is 12.1. The molecule has 292 valence electrons. The van der Waals surface area contributed by atoms with E-state index in [0.29, 0.717) is 78.9 Å². The number of carbonyl (C=O) groups is 5. The summed E-state index contributed by atoms with van der Waals surface area (Å²) in [6, 6.07) is 15.8. The minimum Gasteiger partial charge on any atom is -0.384 e. The number of unbranched alkanes of at least 4 members (excludes halogenated alkanes) is 3. The number of pyridine rings is 1. The number of anilines is 3. The first-order chi connectivity index (χ1) is 27.1. The molecule has 56 heavy (non-hydrogen) atoms. The summed E-state index contributed by atoms with van der Waals surface area (Å²) in [4.78, 5) is 84.2. The Hall–Kier alpha value is -5.89. The van der Waals surface area contributed by atoms with Gasteiger partial charge in [0.2, 0.25) is 11.8 Å². The highest BCUT2D eigenvalue weighted by Crippen LogP contribution is 2.38. The van der Waals surface area contributed by atoms with Gasteiger partial charge in [-0.25, -0.2) is 4.98 Å². The highest BCUT2D eigenvalue weighted by atomic mass is 16.5. The number of para-hydroxylation sites is 1. The van der Waals surface area contributed by atoms with E-state index >= 15 is 0 Å². The number of amides is 3. The fourth-order valence-corrected chi connectivity index (χ4v) is 7.88. The first-order valence-electron chi connectivity index (χ1n) is 19.4. The fraction of sp³-hybridized carbons (Fsp3) is 0.405. The summed E-state index contributed by atoms with van der Waals surface area (Å²) in [6.07, 6.45) is 5.42. The monoisotopic (exact) mass is 761 g/mol. The second kappa shape index (κ2) is 16.9. The zero-order valence-electron chi connectivity index (χ0n) is 31.7. The molecule has 3 aliphatic rings. The van der Waals surface area contributed by atoms with Gasteiger partial charge >= 0.3 is 0 Å². The van der Waals surface area contributed by atoms with E-state index in [0.717, 1.165) is 36.8 Å². The smallest absolute Gasteiger partial charge is 0.259 e. The minimum absolute atomic E-state index is 0.106. The number of benzene rings is 2. The third kappa shape index (κ3) is 8.06. The summed E-state index contributed by atoms with van der Waals surface area (Å²) in [5.74, 6) is -3.21. The molecule has 3 unspecified atom stereocenters. The van der Waals surface area contributed by atoms with Gasteiger partial charge in [-0.15, -0.1) is 0 Å². The fourth-order valence-electron chi connectivity index (χ4n) is 7.88. The predicted octanol–water partition coefficient (Wildman–Crippen LogP) is 4.46. The van der Waals surface area contributed by atoms with Crippen LogP contribution in [0.1, 0.15) is 93.7 Å². The molecule has 2 aromatic carbocycles. The van der Waals surface area contributed by atoms with Crippen LogP contribution in [0.15, 0.2) is 65.6 Å². The molecule has 1 aliphatic carbocycles. The van der Waals surface area contributed by atoms with Crippen LogP contribution in [-0.2, 0) is 14.3 Å². The van der Waals surface area contributed by atoms with Crippen molar-refractivity contribution in [2.45, 2.75) is 58.4 Å². The Bertz CT molecular complexity index is 2250. The molecule has 4 aromatic rings. The van der Waals surface area contributed by atoms with Gasteiger partial charge in [-0.1, -0.05) is 37.1 Å². The number of fused-ring (bicyclic) bond motifs is 2. The standard InChI is InChI=1S/C42H47N7O7/c1-25-22-30(40-46-33(23-35(51)49(40)24-25)48-18-20-56-21-19-48)26(2)45-31-12-6-5-10-27(31)41(54)44-17-8-4-3-7-16-43-32-13-9-11-28-36(32)39(53)37(38(28)52)29-14-15-34(50)47-42(29)55/h5-6,9-13,22-24,26,29,37,43,45H,3-4,7-8,14-21H2,1-2H3,(H,44,54)(H,47,50,55). The molecule has 0 spiro atoms.